The van der Waals surface area contributed by atoms with Crippen molar-refractivity contribution in [2.45, 2.75) is 12.8 Å². The molecule has 1 N–H and O–H groups in total. The van der Waals surface area contributed by atoms with E-state index < -0.39 is 0 Å². The topological polar surface area (TPSA) is 32.3 Å². The second-order valence-electron chi connectivity index (χ2n) is 4.46. The Labute approximate surface area is 107 Å². The zero-order valence-electron chi connectivity index (χ0n) is 10.0. The Kier molecular flexibility index (Phi) is 4.02. The van der Waals surface area contributed by atoms with Gasteiger partial charge in [0.05, 0.1) is 6.42 Å². The van der Waals surface area contributed by atoms with Crippen LogP contribution in [0, 0.1) is 0 Å². The average molecular weight is 253 g/mol. The Balaban J connectivity index is 1.95. The van der Waals surface area contributed by atoms with E-state index in [1.807, 2.05) is 6.07 Å². The molecule has 1 heterocycles. The largest absolute Gasteiger partial charge is 0.326 e. The molecule has 0 atom stereocenters. The van der Waals surface area contributed by atoms with E-state index in [1.54, 1.807) is 0 Å². The molecule has 1 aromatic carbocycles. The highest BCUT2D eigenvalue weighted by Crippen LogP contribution is 2.23. The molecule has 0 spiro atoms. The summed E-state index contributed by atoms with van der Waals surface area (Å²) < 4.78 is 0. The molecule has 2 rings (SSSR count). The van der Waals surface area contributed by atoms with Gasteiger partial charge in [-0.15, -0.1) is 11.6 Å². The number of likely N-dealkylation sites (N-methyl/N-ethyl adjacent to an activating group) is 1. The van der Waals surface area contributed by atoms with Crippen LogP contribution < -0.4 is 5.32 Å². The fourth-order valence-electron chi connectivity index (χ4n) is 2.01. The number of hydrogen-bond donors (Lipinski definition) is 1. The summed E-state index contributed by atoms with van der Waals surface area (Å²) in [6.45, 7) is 1.90. The Morgan fingerprint density at radius 3 is 3.00 bits per heavy atom. The number of benzene rings is 1. The van der Waals surface area contributed by atoms with Crippen molar-refractivity contribution in [3.05, 3.63) is 29.3 Å². The zero-order valence-corrected chi connectivity index (χ0v) is 10.8. The minimum atomic E-state index is 0.0939. The van der Waals surface area contributed by atoms with Crippen LogP contribution in [0.3, 0.4) is 0 Å². The molecule has 0 aromatic heterocycles. The van der Waals surface area contributed by atoms with Crippen molar-refractivity contribution in [2.75, 3.05) is 31.3 Å². The van der Waals surface area contributed by atoms with E-state index in [9.17, 15) is 4.79 Å². The van der Waals surface area contributed by atoms with Crippen LogP contribution in [0.1, 0.15) is 11.1 Å². The normalized spacial score (nSPS) is 13.9. The van der Waals surface area contributed by atoms with E-state index in [-0.39, 0.29) is 5.91 Å². The van der Waals surface area contributed by atoms with Gasteiger partial charge in [0.25, 0.3) is 0 Å². The average Bonchev–Trinajstić information content (AvgIpc) is 2.66. The van der Waals surface area contributed by atoms with Crippen LogP contribution in [0.15, 0.2) is 18.2 Å². The summed E-state index contributed by atoms with van der Waals surface area (Å²) in [5.74, 6) is 0.760. The lowest BCUT2D eigenvalue weighted by Gasteiger charge is -2.14. The van der Waals surface area contributed by atoms with Crippen LogP contribution in [-0.4, -0.2) is 36.8 Å². The van der Waals surface area contributed by atoms with Gasteiger partial charge in [0.2, 0.25) is 5.91 Å². The van der Waals surface area contributed by atoms with Crippen molar-refractivity contribution >= 4 is 23.2 Å². The lowest BCUT2D eigenvalue weighted by atomic mass is 10.1. The van der Waals surface area contributed by atoms with E-state index in [2.05, 4.69) is 29.4 Å². The zero-order chi connectivity index (χ0) is 12.3. The van der Waals surface area contributed by atoms with E-state index in [1.165, 1.54) is 5.56 Å². The van der Waals surface area contributed by atoms with Crippen LogP contribution in [0.2, 0.25) is 0 Å². The maximum absolute atomic E-state index is 11.2. The third-order valence-corrected chi connectivity index (χ3v) is 3.21. The van der Waals surface area contributed by atoms with Gasteiger partial charge >= 0.3 is 0 Å². The Morgan fingerprint density at radius 1 is 1.41 bits per heavy atom. The maximum atomic E-state index is 11.2. The molecule has 3 nitrogen and oxygen atoms in total. The van der Waals surface area contributed by atoms with Crippen LogP contribution in [-0.2, 0) is 17.6 Å². The van der Waals surface area contributed by atoms with Gasteiger partial charge in [-0.3, -0.25) is 4.79 Å². The molecule has 17 heavy (non-hydrogen) atoms. The molecular weight excluding hydrogens is 236 g/mol. The molecule has 0 unspecified atom stereocenters. The van der Waals surface area contributed by atoms with Crippen molar-refractivity contribution in [1.29, 1.82) is 0 Å². The van der Waals surface area contributed by atoms with Crippen LogP contribution in [0.25, 0.3) is 0 Å². The highest BCUT2D eigenvalue weighted by atomic mass is 35.5. The number of rotatable bonds is 5. The monoisotopic (exact) mass is 252 g/mol. The van der Waals surface area contributed by atoms with Gasteiger partial charge in [-0.1, -0.05) is 12.1 Å². The molecule has 92 valence electrons. The molecule has 0 aliphatic carbocycles. The number of alkyl halides is 1. The first-order chi connectivity index (χ1) is 8.19. The van der Waals surface area contributed by atoms with Gasteiger partial charge in [0.1, 0.15) is 0 Å². The quantitative estimate of drug-likeness (QED) is 0.812. The van der Waals surface area contributed by atoms with E-state index in [0.717, 1.165) is 30.8 Å². The molecular formula is C13H17ClN2O. The third-order valence-electron chi connectivity index (χ3n) is 3.04. The number of amides is 1. The summed E-state index contributed by atoms with van der Waals surface area (Å²) >= 11 is 5.68. The predicted octanol–water partition coefficient (Wildman–Crippen LogP) is 1.89. The van der Waals surface area contributed by atoms with Crippen molar-refractivity contribution in [3.8, 4) is 0 Å². The molecule has 1 aromatic rings. The summed E-state index contributed by atoms with van der Waals surface area (Å²) in [6, 6.07) is 6.21. The van der Waals surface area contributed by atoms with Crippen molar-refractivity contribution in [1.82, 2.24) is 4.90 Å². The second kappa shape index (κ2) is 5.52. The number of anilines is 1. The van der Waals surface area contributed by atoms with E-state index in [0.29, 0.717) is 12.3 Å². The van der Waals surface area contributed by atoms with Crippen molar-refractivity contribution in [2.24, 2.45) is 0 Å². The molecule has 0 radical (unpaired) electrons. The fraction of sp³-hybridized carbons (Fsp3) is 0.462. The highest BCUT2D eigenvalue weighted by Gasteiger charge is 2.17. The number of carbonyl (C=O) groups is 1. The van der Waals surface area contributed by atoms with Crippen LogP contribution in [0.4, 0.5) is 5.69 Å². The molecule has 1 amide bonds. The summed E-state index contributed by atoms with van der Waals surface area (Å²) in [6.07, 6.45) is 1.51. The molecule has 4 heteroatoms. The van der Waals surface area contributed by atoms with Crippen LogP contribution in [0.5, 0.6) is 0 Å². The number of fused-ring (bicyclic) bond motifs is 1. The van der Waals surface area contributed by atoms with Crippen molar-refractivity contribution in [3.63, 3.8) is 0 Å². The Bertz CT molecular complexity index is 420. The first-order valence-corrected chi connectivity index (χ1v) is 6.38. The lowest BCUT2D eigenvalue weighted by Crippen LogP contribution is -2.23. The predicted molar refractivity (Wildman–Crippen MR) is 70.7 cm³/mol. The second-order valence-corrected chi connectivity index (χ2v) is 4.84. The highest BCUT2D eigenvalue weighted by molar-refractivity contribution is 6.18. The summed E-state index contributed by atoms with van der Waals surface area (Å²) in [4.78, 5) is 13.4. The van der Waals surface area contributed by atoms with Crippen molar-refractivity contribution < 1.29 is 4.79 Å². The summed E-state index contributed by atoms with van der Waals surface area (Å²) in [7, 11) is 2.07. The van der Waals surface area contributed by atoms with Crippen LogP contribution >= 0.6 is 11.6 Å². The first-order valence-electron chi connectivity index (χ1n) is 5.85. The first kappa shape index (κ1) is 12.4. The molecule has 0 bridgehead atoms. The molecule has 1 aliphatic rings. The Hall–Kier alpha value is -1.06. The van der Waals surface area contributed by atoms with Gasteiger partial charge in [-0.05, 0) is 30.7 Å². The number of carbonyl (C=O) groups excluding carboxylic acids is 1. The lowest BCUT2D eigenvalue weighted by molar-refractivity contribution is -0.115. The minimum Gasteiger partial charge on any atom is -0.326 e. The standard InChI is InChI=1S/C13H17ClN2O/c1-16(7-5-14)6-4-10-2-3-12-11(8-10)9-13(17)15-12/h2-3,8H,4-7,9H2,1H3,(H,15,17). The number of hydrogen-bond acceptors (Lipinski definition) is 2. The van der Waals surface area contributed by atoms with Gasteiger partial charge in [0, 0.05) is 24.7 Å². The number of halogens is 1. The fourth-order valence-corrected chi connectivity index (χ4v) is 2.30. The molecule has 0 fully saturated rings. The van der Waals surface area contributed by atoms with E-state index in [4.69, 9.17) is 11.6 Å². The number of nitrogens with zero attached hydrogens (tertiary/aromatic N) is 1. The van der Waals surface area contributed by atoms with Gasteiger partial charge in [0.15, 0.2) is 0 Å². The number of nitrogens with one attached hydrogen (secondary N) is 1. The molecule has 0 saturated carbocycles. The molecule has 0 saturated heterocycles. The smallest absolute Gasteiger partial charge is 0.228 e. The van der Waals surface area contributed by atoms with Gasteiger partial charge < -0.3 is 10.2 Å². The molecule has 1 aliphatic heterocycles. The van der Waals surface area contributed by atoms with E-state index >= 15 is 0 Å². The maximum Gasteiger partial charge on any atom is 0.228 e. The summed E-state index contributed by atoms with van der Waals surface area (Å²) in [5, 5.41) is 2.84. The van der Waals surface area contributed by atoms with Gasteiger partial charge in [-0.25, -0.2) is 0 Å². The van der Waals surface area contributed by atoms with Gasteiger partial charge in [-0.2, -0.15) is 0 Å². The SMILES string of the molecule is CN(CCCl)CCc1ccc2c(c1)CC(=O)N2. The Morgan fingerprint density at radius 2 is 2.24 bits per heavy atom. The third kappa shape index (κ3) is 3.20. The summed E-state index contributed by atoms with van der Waals surface area (Å²) in [5.41, 5.74) is 3.36. The minimum absolute atomic E-state index is 0.0939.